The summed E-state index contributed by atoms with van der Waals surface area (Å²) >= 11 is 5.07. The molecule has 1 fully saturated rings. The Morgan fingerprint density at radius 3 is 2.94 bits per heavy atom. The van der Waals surface area contributed by atoms with Crippen molar-refractivity contribution in [3.05, 3.63) is 20.8 Å². The quantitative estimate of drug-likeness (QED) is 0.889. The lowest BCUT2D eigenvalue weighted by Gasteiger charge is -2.22. The summed E-state index contributed by atoms with van der Waals surface area (Å²) in [6, 6.07) is 4.05. The van der Waals surface area contributed by atoms with Gasteiger partial charge in [0.1, 0.15) is 0 Å². The van der Waals surface area contributed by atoms with Crippen molar-refractivity contribution in [1.82, 2.24) is 10.6 Å². The predicted octanol–water partition coefficient (Wildman–Crippen LogP) is 2.69. The van der Waals surface area contributed by atoms with Crippen LogP contribution in [0.5, 0.6) is 0 Å². The third-order valence-electron chi connectivity index (χ3n) is 2.69. The lowest BCUT2D eigenvalue weighted by atomic mass is 10.0. The van der Waals surface area contributed by atoms with Gasteiger partial charge in [-0.3, -0.25) is 4.79 Å². The maximum atomic E-state index is 11.8. The van der Waals surface area contributed by atoms with Crippen LogP contribution in [0.25, 0.3) is 0 Å². The first-order valence-electron chi connectivity index (χ1n) is 5.51. The highest BCUT2D eigenvalue weighted by atomic mass is 79.9. The molecule has 6 heteroatoms. The minimum absolute atomic E-state index is 0. The number of carbonyl (C=O) groups is 1. The van der Waals surface area contributed by atoms with Crippen molar-refractivity contribution < 1.29 is 4.79 Å². The van der Waals surface area contributed by atoms with Gasteiger partial charge in [-0.15, -0.1) is 23.7 Å². The molecule has 2 heterocycles. The van der Waals surface area contributed by atoms with E-state index < -0.39 is 0 Å². The smallest absolute Gasteiger partial charge is 0.237 e. The number of thiophene rings is 1. The Labute approximate surface area is 120 Å². The second-order valence-electron chi connectivity index (χ2n) is 3.93. The lowest BCUT2D eigenvalue weighted by molar-refractivity contribution is -0.123. The SMILES string of the molecule is Cl.O=C(NCc1ccc(Br)s1)[C@@H]1CCCCN1. The van der Waals surface area contributed by atoms with E-state index in [0.717, 1.165) is 23.2 Å². The van der Waals surface area contributed by atoms with Crippen molar-refractivity contribution in [3.8, 4) is 0 Å². The van der Waals surface area contributed by atoms with Crippen LogP contribution in [0, 0.1) is 0 Å². The predicted molar refractivity (Wildman–Crippen MR) is 76.8 cm³/mol. The van der Waals surface area contributed by atoms with Crippen LogP contribution >= 0.6 is 39.7 Å². The van der Waals surface area contributed by atoms with E-state index in [4.69, 9.17) is 0 Å². The molecule has 1 aromatic heterocycles. The minimum Gasteiger partial charge on any atom is -0.350 e. The van der Waals surface area contributed by atoms with Gasteiger partial charge in [0.05, 0.1) is 16.4 Å². The first-order chi connectivity index (χ1) is 7.75. The largest absolute Gasteiger partial charge is 0.350 e. The summed E-state index contributed by atoms with van der Waals surface area (Å²) in [7, 11) is 0. The van der Waals surface area contributed by atoms with Crippen LogP contribution in [0.4, 0.5) is 0 Å². The molecule has 0 unspecified atom stereocenters. The maximum absolute atomic E-state index is 11.8. The van der Waals surface area contributed by atoms with Gasteiger partial charge in [-0.25, -0.2) is 0 Å². The summed E-state index contributed by atoms with van der Waals surface area (Å²) in [6.07, 6.45) is 3.29. The average Bonchev–Trinajstić information content (AvgIpc) is 2.73. The molecule has 0 radical (unpaired) electrons. The molecule has 1 aliphatic rings. The van der Waals surface area contributed by atoms with Gasteiger partial charge in [-0.2, -0.15) is 0 Å². The molecule has 1 aromatic rings. The van der Waals surface area contributed by atoms with Crippen LogP contribution in [0.1, 0.15) is 24.1 Å². The van der Waals surface area contributed by atoms with Gasteiger partial charge >= 0.3 is 0 Å². The molecule has 0 spiro atoms. The maximum Gasteiger partial charge on any atom is 0.237 e. The van der Waals surface area contributed by atoms with Gasteiger partial charge in [-0.1, -0.05) is 6.42 Å². The molecule has 0 bridgehead atoms. The van der Waals surface area contributed by atoms with Crippen LogP contribution in [-0.4, -0.2) is 18.5 Å². The van der Waals surface area contributed by atoms with E-state index in [0.29, 0.717) is 6.54 Å². The zero-order valence-electron chi connectivity index (χ0n) is 9.37. The van der Waals surface area contributed by atoms with E-state index in [9.17, 15) is 4.79 Å². The van der Waals surface area contributed by atoms with Crippen molar-refractivity contribution in [3.63, 3.8) is 0 Å². The topological polar surface area (TPSA) is 41.1 Å². The van der Waals surface area contributed by atoms with Gasteiger partial charge < -0.3 is 10.6 Å². The summed E-state index contributed by atoms with van der Waals surface area (Å²) in [4.78, 5) is 13.0. The van der Waals surface area contributed by atoms with Crippen LogP contribution in [-0.2, 0) is 11.3 Å². The fourth-order valence-corrected chi connectivity index (χ4v) is 3.24. The zero-order valence-corrected chi connectivity index (χ0v) is 12.6. The van der Waals surface area contributed by atoms with Gasteiger partial charge in [0, 0.05) is 4.88 Å². The number of hydrogen-bond acceptors (Lipinski definition) is 3. The number of amides is 1. The third kappa shape index (κ3) is 4.58. The van der Waals surface area contributed by atoms with Gasteiger partial charge in [-0.05, 0) is 47.4 Å². The Balaban J connectivity index is 0.00000144. The first-order valence-corrected chi connectivity index (χ1v) is 7.12. The Kier molecular flexibility index (Phi) is 6.48. The highest BCUT2D eigenvalue weighted by Gasteiger charge is 2.19. The third-order valence-corrected chi connectivity index (χ3v) is 4.32. The van der Waals surface area contributed by atoms with Crippen LogP contribution in [0.15, 0.2) is 15.9 Å². The van der Waals surface area contributed by atoms with Crippen molar-refractivity contribution in [1.29, 1.82) is 0 Å². The molecular weight excluding hydrogens is 324 g/mol. The summed E-state index contributed by atoms with van der Waals surface area (Å²) in [6.45, 7) is 1.59. The van der Waals surface area contributed by atoms with Crippen molar-refractivity contribution >= 4 is 45.6 Å². The molecular formula is C11H16BrClN2OS. The van der Waals surface area contributed by atoms with Crippen LogP contribution < -0.4 is 10.6 Å². The van der Waals surface area contributed by atoms with Gasteiger partial charge in [0.15, 0.2) is 0 Å². The number of rotatable bonds is 3. The second kappa shape index (κ2) is 7.36. The molecule has 17 heavy (non-hydrogen) atoms. The van der Waals surface area contributed by atoms with E-state index in [-0.39, 0.29) is 24.4 Å². The molecule has 0 aromatic carbocycles. The number of piperidine rings is 1. The number of halogens is 2. The van der Waals surface area contributed by atoms with Crippen LogP contribution in [0.3, 0.4) is 0 Å². The normalized spacial score (nSPS) is 19.5. The van der Waals surface area contributed by atoms with Gasteiger partial charge in [0.2, 0.25) is 5.91 Å². The Bertz CT molecular complexity index is 366. The summed E-state index contributed by atoms with van der Waals surface area (Å²) in [5, 5.41) is 6.21. The van der Waals surface area contributed by atoms with E-state index in [1.807, 2.05) is 12.1 Å². The highest BCUT2D eigenvalue weighted by Crippen LogP contribution is 2.21. The molecule has 2 N–H and O–H groups in total. The molecule has 0 saturated carbocycles. The number of carbonyl (C=O) groups excluding carboxylic acids is 1. The van der Waals surface area contributed by atoms with E-state index in [2.05, 4.69) is 26.6 Å². The first kappa shape index (κ1) is 15.0. The molecule has 1 saturated heterocycles. The molecule has 1 atom stereocenters. The van der Waals surface area contributed by atoms with E-state index in [1.54, 1.807) is 11.3 Å². The van der Waals surface area contributed by atoms with Gasteiger partial charge in [0.25, 0.3) is 0 Å². The Morgan fingerprint density at radius 2 is 2.35 bits per heavy atom. The molecule has 1 amide bonds. The molecule has 0 aliphatic carbocycles. The Hall–Kier alpha value is -0.100. The molecule has 2 rings (SSSR count). The zero-order chi connectivity index (χ0) is 11.4. The molecule has 96 valence electrons. The summed E-state index contributed by atoms with van der Waals surface area (Å²) in [5.74, 6) is 0.129. The summed E-state index contributed by atoms with van der Waals surface area (Å²) in [5.41, 5.74) is 0. The highest BCUT2D eigenvalue weighted by molar-refractivity contribution is 9.11. The molecule has 1 aliphatic heterocycles. The fraction of sp³-hybridized carbons (Fsp3) is 0.545. The Morgan fingerprint density at radius 1 is 1.53 bits per heavy atom. The van der Waals surface area contributed by atoms with E-state index >= 15 is 0 Å². The van der Waals surface area contributed by atoms with Crippen LogP contribution in [0.2, 0.25) is 0 Å². The number of nitrogens with one attached hydrogen (secondary N) is 2. The average molecular weight is 340 g/mol. The second-order valence-corrected chi connectivity index (χ2v) is 6.47. The number of hydrogen-bond donors (Lipinski definition) is 2. The molecule has 3 nitrogen and oxygen atoms in total. The fourth-order valence-electron chi connectivity index (χ4n) is 1.82. The monoisotopic (exact) mass is 338 g/mol. The van der Waals surface area contributed by atoms with Crippen molar-refractivity contribution in [2.24, 2.45) is 0 Å². The summed E-state index contributed by atoms with van der Waals surface area (Å²) < 4.78 is 1.10. The standard InChI is InChI=1S/C11H15BrN2OS.ClH/c12-10-5-4-8(16-10)7-14-11(15)9-3-1-2-6-13-9;/h4-5,9,13H,1-3,6-7H2,(H,14,15);1H/t9-;/m0./s1. The van der Waals surface area contributed by atoms with Crippen molar-refractivity contribution in [2.75, 3.05) is 6.54 Å². The van der Waals surface area contributed by atoms with E-state index in [1.165, 1.54) is 11.3 Å². The minimum atomic E-state index is 0. The lowest BCUT2D eigenvalue weighted by Crippen LogP contribution is -2.46. The van der Waals surface area contributed by atoms with Crippen molar-refractivity contribution in [2.45, 2.75) is 31.8 Å².